The van der Waals surface area contributed by atoms with Crippen LogP contribution in [0.5, 0.6) is 0 Å². The molecule has 1 aromatic heterocycles. The monoisotopic (exact) mass is 452 g/mol. The number of carbonyl (C=O) groups excluding carboxylic acids is 1. The van der Waals surface area contributed by atoms with Crippen molar-refractivity contribution in [3.05, 3.63) is 46.8 Å². The van der Waals surface area contributed by atoms with Crippen molar-refractivity contribution in [1.29, 1.82) is 0 Å². The number of amides is 2. The van der Waals surface area contributed by atoms with Gasteiger partial charge in [0.1, 0.15) is 5.54 Å². The van der Waals surface area contributed by atoms with Gasteiger partial charge >= 0.3 is 12.0 Å². The van der Waals surface area contributed by atoms with Crippen molar-refractivity contribution < 1.29 is 14.7 Å². The lowest BCUT2D eigenvalue weighted by Gasteiger charge is -2.34. The number of rotatable bonds is 6. The van der Waals surface area contributed by atoms with Crippen molar-refractivity contribution in [2.24, 2.45) is 17.6 Å². The highest BCUT2D eigenvalue weighted by atomic mass is 16.4. The summed E-state index contributed by atoms with van der Waals surface area (Å²) in [6, 6.07) is 7.68. The Bertz CT molecular complexity index is 1050. The largest absolute Gasteiger partial charge is 0.479 e. The number of aromatic nitrogens is 1. The van der Waals surface area contributed by atoms with E-state index in [0.29, 0.717) is 30.3 Å². The number of carboxylic acid groups (broad SMARTS) is 1. The number of nitrogens with two attached hydrogens (primary N) is 1. The van der Waals surface area contributed by atoms with Crippen LogP contribution in [0.1, 0.15) is 56.6 Å². The molecule has 0 bridgehead atoms. The van der Waals surface area contributed by atoms with E-state index in [1.165, 1.54) is 4.90 Å². The maximum Gasteiger partial charge on any atom is 0.329 e. The minimum atomic E-state index is -1.26. The van der Waals surface area contributed by atoms with E-state index in [1.54, 1.807) is 6.92 Å². The second-order valence-electron chi connectivity index (χ2n) is 9.76. The first-order valence-corrected chi connectivity index (χ1v) is 11.6. The molecule has 178 valence electrons. The summed E-state index contributed by atoms with van der Waals surface area (Å²) < 4.78 is 0. The van der Waals surface area contributed by atoms with Gasteiger partial charge in [0.25, 0.3) is 0 Å². The molecule has 1 fully saturated rings. The topological polar surface area (TPSA) is 109 Å². The summed E-state index contributed by atoms with van der Waals surface area (Å²) in [4.78, 5) is 31.8. The zero-order valence-electron chi connectivity index (χ0n) is 20.5. The van der Waals surface area contributed by atoms with Crippen LogP contribution < -0.4 is 11.1 Å². The van der Waals surface area contributed by atoms with Crippen molar-refractivity contribution >= 4 is 17.7 Å². The van der Waals surface area contributed by atoms with Gasteiger partial charge in [0.2, 0.25) is 0 Å². The molecule has 3 rings (SSSR count). The third-order valence-corrected chi connectivity index (χ3v) is 6.93. The van der Waals surface area contributed by atoms with Crippen molar-refractivity contribution in [1.82, 2.24) is 9.88 Å². The first-order valence-electron chi connectivity index (χ1n) is 11.6. The van der Waals surface area contributed by atoms with Crippen LogP contribution >= 0.6 is 0 Å². The van der Waals surface area contributed by atoms with E-state index in [9.17, 15) is 14.7 Å². The van der Waals surface area contributed by atoms with Gasteiger partial charge in [-0.3, -0.25) is 4.98 Å². The fourth-order valence-corrected chi connectivity index (χ4v) is 4.68. The summed E-state index contributed by atoms with van der Waals surface area (Å²) in [5.41, 5.74) is 11.0. The lowest BCUT2D eigenvalue weighted by atomic mass is 9.88. The first kappa shape index (κ1) is 24.7. The molecule has 2 aromatic rings. The number of anilines is 1. The van der Waals surface area contributed by atoms with Crippen LogP contribution in [0.4, 0.5) is 10.5 Å². The smallest absolute Gasteiger partial charge is 0.329 e. The Kier molecular flexibility index (Phi) is 7.12. The summed E-state index contributed by atoms with van der Waals surface area (Å²) in [5.74, 6) is -0.744. The normalized spacial score (nSPS) is 20.4. The average molecular weight is 453 g/mol. The number of pyridine rings is 1. The summed E-state index contributed by atoms with van der Waals surface area (Å²) in [6.07, 6.45) is 1.42. The average Bonchev–Trinajstić information content (AvgIpc) is 3.05. The number of carboxylic acids is 1. The third kappa shape index (κ3) is 4.60. The Balaban J connectivity index is 2.14. The molecule has 2 amide bonds. The standard InChI is InChI=1S/C26H36N4O3/c1-15(2)13-21-20(14-27)22(19-9-7-16(3)8-10-19)23(18(5)28-21)29-25(33)30-12-11-17(4)26(30,6)24(31)32/h7-10,15,17H,11-14,27H2,1-6H3,(H,29,33)(H,31,32). The molecule has 1 aliphatic heterocycles. The van der Waals surface area contributed by atoms with Crippen molar-refractivity contribution in [2.75, 3.05) is 11.9 Å². The van der Waals surface area contributed by atoms with Crippen molar-refractivity contribution in [2.45, 2.75) is 66.5 Å². The molecule has 7 nitrogen and oxygen atoms in total. The highest BCUT2D eigenvalue weighted by Crippen LogP contribution is 2.39. The maximum absolute atomic E-state index is 13.4. The Morgan fingerprint density at radius 3 is 2.45 bits per heavy atom. The van der Waals surface area contributed by atoms with E-state index in [2.05, 4.69) is 19.2 Å². The number of carbonyl (C=O) groups is 2. The van der Waals surface area contributed by atoms with E-state index in [0.717, 1.165) is 34.4 Å². The van der Waals surface area contributed by atoms with Gasteiger partial charge in [-0.15, -0.1) is 0 Å². The SMILES string of the molecule is Cc1ccc(-c2c(CN)c(CC(C)C)nc(C)c2NC(=O)N2CCC(C)C2(C)C(=O)O)cc1. The number of hydrogen-bond donors (Lipinski definition) is 3. The van der Waals surface area contributed by atoms with Crippen LogP contribution in [0.3, 0.4) is 0 Å². The number of nitrogens with zero attached hydrogens (tertiary/aromatic N) is 2. The predicted octanol–water partition coefficient (Wildman–Crippen LogP) is 4.74. The number of benzene rings is 1. The highest BCUT2D eigenvalue weighted by molar-refractivity contribution is 5.99. The van der Waals surface area contributed by atoms with Crippen LogP contribution in [0, 0.1) is 25.7 Å². The quantitative estimate of drug-likeness (QED) is 0.587. The van der Waals surface area contributed by atoms with Crippen molar-refractivity contribution in [3.8, 4) is 11.1 Å². The Morgan fingerprint density at radius 1 is 1.27 bits per heavy atom. The number of likely N-dealkylation sites (tertiary alicyclic amines) is 1. The van der Waals surface area contributed by atoms with Crippen LogP contribution in [-0.4, -0.2) is 39.1 Å². The molecule has 7 heteroatoms. The number of hydrogen-bond acceptors (Lipinski definition) is 4. The number of nitrogens with one attached hydrogen (secondary N) is 1. The molecule has 1 aliphatic rings. The van der Waals surface area contributed by atoms with E-state index in [4.69, 9.17) is 10.7 Å². The zero-order valence-corrected chi connectivity index (χ0v) is 20.5. The van der Waals surface area contributed by atoms with Crippen molar-refractivity contribution in [3.63, 3.8) is 0 Å². The molecule has 0 saturated carbocycles. The fraction of sp³-hybridized carbons (Fsp3) is 0.500. The van der Waals surface area contributed by atoms with Gasteiger partial charge in [-0.05, 0) is 56.6 Å². The lowest BCUT2D eigenvalue weighted by molar-refractivity contribution is -0.148. The van der Waals surface area contributed by atoms with Gasteiger partial charge in [-0.2, -0.15) is 0 Å². The molecule has 0 spiro atoms. The second-order valence-corrected chi connectivity index (χ2v) is 9.76. The predicted molar refractivity (Wildman–Crippen MR) is 131 cm³/mol. The van der Waals surface area contributed by atoms with Gasteiger partial charge in [-0.1, -0.05) is 50.6 Å². The Morgan fingerprint density at radius 2 is 1.91 bits per heavy atom. The van der Waals surface area contributed by atoms with Gasteiger partial charge in [0.15, 0.2) is 0 Å². The van der Waals surface area contributed by atoms with E-state index < -0.39 is 17.5 Å². The van der Waals surface area contributed by atoms with E-state index >= 15 is 0 Å². The van der Waals surface area contributed by atoms with Crippen LogP contribution in [0.25, 0.3) is 11.1 Å². The molecule has 0 aliphatic carbocycles. The molecule has 1 aromatic carbocycles. The molecule has 4 N–H and O–H groups in total. The van der Waals surface area contributed by atoms with Gasteiger partial charge in [0, 0.05) is 24.3 Å². The minimum Gasteiger partial charge on any atom is -0.479 e. The van der Waals surface area contributed by atoms with E-state index in [-0.39, 0.29) is 12.5 Å². The Hall–Kier alpha value is -2.93. The molecule has 1 saturated heterocycles. The summed E-state index contributed by atoms with van der Waals surface area (Å²) in [5, 5.41) is 12.9. The molecule has 0 radical (unpaired) electrons. The lowest BCUT2D eigenvalue weighted by Crippen LogP contribution is -2.55. The summed E-state index contributed by atoms with van der Waals surface area (Å²) >= 11 is 0. The van der Waals surface area contributed by atoms with Gasteiger partial charge < -0.3 is 21.1 Å². The fourth-order valence-electron chi connectivity index (χ4n) is 4.68. The zero-order chi connectivity index (χ0) is 24.5. The van der Waals surface area contributed by atoms with Gasteiger partial charge in [-0.25, -0.2) is 9.59 Å². The maximum atomic E-state index is 13.4. The summed E-state index contributed by atoms with van der Waals surface area (Å²) in [6.45, 7) is 12.3. The Labute approximate surface area is 196 Å². The summed E-state index contributed by atoms with van der Waals surface area (Å²) in [7, 11) is 0. The highest BCUT2D eigenvalue weighted by Gasteiger charge is 2.51. The van der Waals surface area contributed by atoms with Crippen LogP contribution in [0.15, 0.2) is 24.3 Å². The number of urea groups is 1. The number of aliphatic carboxylic acids is 1. The second kappa shape index (κ2) is 9.51. The molecular weight excluding hydrogens is 416 g/mol. The van der Waals surface area contributed by atoms with Crippen LogP contribution in [-0.2, 0) is 17.8 Å². The third-order valence-electron chi connectivity index (χ3n) is 6.93. The van der Waals surface area contributed by atoms with Gasteiger partial charge in [0.05, 0.1) is 11.4 Å². The van der Waals surface area contributed by atoms with E-state index in [1.807, 2.05) is 45.0 Å². The minimum absolute atomic E-state index is 0.149. The molecular formula is C26H36N4O3. The molecule has 2 unspecified atom stereocenters. The number of aryl methyl sites for hydroxylation is 2. The first-order chi connectivity index (χ1) is 15.5. The van der Waals surface area contributed by atoms with Crippen LogP contribution in [0.2, 0.25) is 0 Å². The molecule has 2 atom stereocenters. The molecule has 2 heterocycles. The molecule has 33 heavy (non-hydrogen) atoms.